The lowest BCUT2D eigenvalue weighted by molar-refractivity contribution is -0.191. The first-order valence-corrected chi connectivity index (χ1v) is 4.23. The van der Waals surface area contributed by atoms with Crippen molar-refractivity contribution in [1.29, 1.82) is 0 Å². The first-order chi connectivity index (χ1) is 7.34. The molecule has 90 valence electrons. The van der Waals surface area contributed by atoms with E-state index in [9.17, 15) is 22.0 Å². The number of hydrogen-bond acceptors (Lipinski definition) is 2. The van der Waals surface area contributed by atoms with Crippen LogP contribution in [0.5, 0.6) is 5.75 Å². The Labute approximate surface area is 87.8 Å². The van der Waals surface area contributed by atoms with Crippen molar-refractivity contribution in [2.45, 2.75) is 12.3 Å². The topological polar surface area (TPSA) is 35.2 Å². The van der Waals surface area contributed by atoms with E-state index in [2.05, 4.69) is 4.74 Å². The van der Waals surface area contributed by atoms with Crippen molar-refractivity contribution in [2.75, 3.05) is 6.54 Å². The highest BCUT2D eigenvalue weighted by Gasteiger charge is 2.40. The second-order valence-electron chi connectivity index (χ2n) is 2.96. The van der Waals surface area contributed by atoms with Crippen molar-refractivity contribution in [3.05, 3.63) is 29.8 Å². The van der Waals surface area contributed by atoms with Gasteiger partial charge in [0.25, 0.3) is 0 Å². The van der Waals surface area contributed by atoms with Gasteiger partial charge in [0.1, 0.15) is 5.75 Å². The first-order valence-electron chi connectivity index (χ1n) is 4.23. The van der Waals surface area contributed by atoms with Crippen LogP contribution in [0, 0.1) is 11.6 Å². The number of halogens is 5. The zero-order valence-corrected chi connectivity index (χ0v) is 7.89. The molecule has 1 unspecified atom stereocenters. The van der Waals surface area contributed by atoms with E-state index in [1.807, 2.05) is 0 Å². The normalized spacial score (nSPS) is 13.6. The Morgan fingerprint density at radius 3 is 2.25 bits per heavy atom. The van der Waals surface area contributed by atoms with Gasteiger partial charge in [0.2, 0.25) is 6.10 Å². The van der Waals surface area contributed by atoms with Crippen LogP contribution in [0.15, 0.2) is 18.2 Å². The maximum absolute atomic E-state index is 12.7. The summed E-state index contributed by atoms with van der Waals surface area (Å²) in [6.45, 7) is -0.803. The molecule has 0 aliphatic heterocycles. The third-order valence-corrected chi connectivity index (χ3v) is 1.75. The average Bonchev–Trinajstić information content (AvgIpc) is 2.18. The molecule has 0 saturated heterocycles. The quantitative estimate of drug-likeness (QED) is 0.823. The van der Waals surface area contributed by atoms with Crippen LogP contribution in [0.3, 0.4) is 0 Å². The Hall–Kier alpha value is -1.37. The summed E-state index contributed by atoms with van der Waals surface area (Å²) < 4.78 is 66.2. The largest absolute Gasteiger partial charge is 0.479 e. The summed E-state index contributed by atoms with van der Waals surface area (Å²) >= 11 is 0. The minimum absolute atomic E-state index is 0.424. The van der Waals surface area contributed by atoms with E-state index in [0.717, 1.165) is 6.07 Å². The van der Waals surface area contributed by atoms with Gasteiger partial charge in [-0.1, -0.05) is 0 Å². The minimum Gasteiger partial charge on any atom is -0.479 e. The standard InChI is InChI=1S/C9H8F5NO/c10-6-2-1-5(3-7(6)11)16-8(4-15)9(12,13)14/h1-3,8H,4,15H2. The molecule has 0 aliphatic carbocycles. The average molecular weight is 241 g/mol. The highest BCUT2D eigenvalue weighted by Crippen LogP contribution is 2.25. The van der Waals surface area contributed by atoms with Crippen LogP contribution in [0.1, 0.15) is 0 Å². The SMILES string of the molecule is NCC(Oc1ccc(F)c(F)c1)C(F)(F)F. The van der Waals surface area contributed by atoms with Crippen molar-refractivity contribution in [2.24, 2.45) is 5.73 Å². The van der Waals surface area contributed by atoms with Gasteiger partial charge in [-0.25, -0.2) is 8.78 Å². The Balaban J connectivity index is 2.83. The number of ether oxygens (including phenoxy) is 1. The number of alkyl halides is 3. The van der Waals surface area contributed by atoms with Gasteiger partial charge in [-0.3, -0.25) is 0 Å². The summed E-state index contributed by atoms with van der Waals surface area (Å²) in [6, 6.07) is 2.10. The smallest absolute Gasteiger partial charge is 0.426 e. The third-order valence-electron chi connectivity index (χ3n) is 1.75. The summed E-state index contributed by atoms with van der Waals surface area (Å²) in [7, 11) is 0. The van der Waals surface area contributed by atoms with Gasteiger partial charge in [0, 0.05) is 12.6 Å². The predicted octanol–water partition coefficient (Wildman–Crippen LogP) is 2.23. The van der Waals surface area contributed by atoms with Gasteiger partial charge in [-0.05, 0) is 12.1 Å². The molecule has 16 heavy (non-hydrogen) atoms. The number of benzene rings is 1. The van der Waals surface area contributed by atoms with Crippen molar-refractivity contribution in [3.63, 3.8) is 0 Å². The Morgan fingerprint density at radius 2 is 1.81 bits per heavy atom. The molecule has 0 aromatic heterocycles. The van der Waals surface area contributed by atoms with Gasteiger partial charge < -0.3 is 10.5 Å². The van der Waals surface area contributed by atoms with Crippen molar-refractivity contribution < 1.29 is 26.7 Å². The number of nitrogens with two attached hydrogens (primary N) is 1. The minimum atomic E-state index is -4.65. The lowest BCUT2D eigenvalue weighted by atomic mass is 10.3. The molecular weight excluding hydrogens is 233 g/mol. The van der Waals surface area contributed by atoms with E-state index in [0.29, 0.717) is 12.1 Å². The maximum atomic E-state index is 12.7. The number of hydrogen-bond donors (Lipinski definition) is 1. The van der Waals surface area contributed by atoms with Crippen LogP contribution in [0.4, 0.5) is 22.0 Å². The summed E-state index contributed by atoms with van der Waals surface area (Å²) in [5.74, 6) is -2.87. The molecule has 1 atom stereocenters. The van der Waals surface area contributed by atoms with Crippen LogP contribution in [-0.4, -0.2) is 18.8 Å². The molecule has 1 aromatic carbocycles. The molecular formula is C9H8F5NO. The molecule has 0 fully saturated rings. The Kier molecular flexibility index (Phi) is 3.69. The van der Waals surface area contributed by atoms with Crippen molar-refractivity contribution in [3.8, 4) is 5.75 Å². The molecule has 0 aliphatic rings. The predicted molar refractivity (Wildman–Crippen MR) is 45.9 cm³/mol. The molecule has 0 bridgehead atoms. The molecule has 1 rings (SSSR count). The lowest BCUT2D eigenvalue weighted by Crippen LogP contribution is -2.40. The van der Waals surface area contributed by atoms with Gasteiger partial charge in [-0.2, -0.15) is 13.2 Å². The molecule has 0 amide bonds. The molecule has 0 radical (unpaired) electrons. The number of rotatable bonds is 3. The van der Waals surface area contributed by atoms with Crippen LogP contribution in [0.25, 0.3) is 0 Å². The highest BCUT2D eigenvalue weighted by molar-refractivity contribution is 5.24. The van der Waals surface area contributed by atoms with E-state index in [1.54, 1.807) is 0 Å². The monoisotopic (exact) mass is 241 g/mol. The maximum Gasteiger partial charge on any atom is 0.426 e. The van der Waals surface area contributed by atoms with E-state index >= 15 is 0 Å². The zero-order valence-electron chi connectivity index (χ0n) is 7.89. The van der Waals surface area contributed by atoms with E-state index in [-0.39, 0.29) is 0 Å². The van der Waals surface area contributed by atoms with E-state index < -0.39 is 36.2 Å². The highest BCUT2D eigenvalue weighted by atomic mass is 19.4. The van der Waals surface area contributed by atoms with Gasteiger partial charge in [0.15, 0.2) is 11.6 Å². The lowest BCUT2D eigenvalue weighted by Gasteiger charge is -2.20. The van der Waals surface area contributed by atoms with Crippen LogP contribution in [0.2, 0.25) is 0 Å². The molecule has 2 N–H and O–H groups in total. The van der Waals surface area contributed by atoms with Gasteiger partial charge in [-0.15, -0.1) is 0 Å². The van der Waals surface area contributed by atoms with Crippen molar-refractivity contribution >= 4 is 0 Å². The summed E-state index contributed by atoms with van der Waals surface area (Å²) in [6.07, 6.45) is -6.89. The van der Waals surface area contributed by atoms with Gasteiger partial charge in [0.05, 0.1) is 0 Å². The molecule has 1 aromatic rings. The molecule has 0 spiro atoms. The van der Waals surface area contributed by atoms with E-state index in [4.69, 9.17) is 5.73 Å². The molecule has 0 heterocycles. The van der Waals surface area contributed by atoms with Crippen molar-refractivity contribution in [1.82, 2.24) is 0 Å². The summed E-state index contributed by atoms with van der Waals surface area (Å²) in [5.41, 5.74) is 4.86. The van der Waals surface area contributed by atoms with Gasteiger partial charge >= 0.3 is 6.18 Å². The second-order valence-corrected chi connectivity index (χ2v) is 2.96. The molecule has 0 saturated carbocycles. The van der Waals surface area contributed by atoms with Crippen LogP contribution < -0.4 is 10.5 Å². The second kappa shape index (κ2) is 4.65. The Morgan fingerprint density at radius 1 is 1.19 bits per heavy atom. The molecule has 7 heteroatoms. The fourth-order valence-electron chi connectivity index (χ4n) is 0.963. The van der Waals surface area contributed by atoms with E-state index in [1.165, 1.54) is 0 Å². The van der Waals surface area contributed by atoms with Crippen LogP contribution in [-0.2, 0) is 0 Å². The first kappa shape index (κ1) is 12.7. The zero-order chi connectivity index (χ0) is 12.3. The summed E-state index contributed by atoms with van der Waals surface area (Å²) in [4.78, 5) is 0. The third kappa shape index (κ3) is 3.06. The Bertz CT molecular complexity index is 365. The fraction of sp³-hybridized carbons (Fsp3) is 0.333. The fourth-order valence-corrected chi connectivity index (χ4v) is 0.963. The van der Waals surface area contributed by atoms with Crippen LogP contribution >= 0.6 is 0 Å². The summed E-state index contributed by atoms with van der Waals surface area (Å²) in [5, 5.41) is 0. The molecule has 2 nitrogen and oxygen atoms in total.